The molecule has 3 aromatic carbocycles. The molecule has 1 heterocycles. The van der Waals surface area contributed by atoms with Crippen molar-refractivity contribution in [1.82, 2.24) is 10.6 Å². The van der Waals surface area contributed by atoms with Crippen LogP contribution in [0, 0.1) is 0 Å². The van der Waals surface area contributed by atoms with Crippen molar-refractivity contribution in [2.24, 2.45) is 0 Å². The summed E-state index contributed by atoms with van der Waals surface area (Å²) >= 11 is 0. The summed E-state index contributed by atoms with van der Waals surface area (Å²) in [4.78, 5) is 39.1. The fraction of sp³-hybridized carbons (Fsp3) is 0.300. The number of carbonyl (C=O) groups excluding carboxylic acids is 3. The zero-order valence-corrected chi connectivity index (χ0v) is 21.2. The van der Waals surface area contributed by atoms with Crippen molar-refractivity contribution < 1.29 is 28.6 Å². The molecule has 2 amide bonds. The molecule has 1 fully saturated rings. The van der Waals surface area contributed by atoms with Gasteiger partial charge in [0.2, 0.25) is 5.91 Å². The lowest BCUT2D eigenvalue weighted by atomic mass is 10.0. The Morgan fingerprint density at radius 1 is 0.816 bits per heavy atom. The minimum Gasteiger partial charge on any atom is -0.445 e. The summed E-state index contributed by atoms with van der Waals surface area (Å²) in [7, 11) is 0. The fourth-order valence-corrected chi connectivity index (χ4v) is 3.95. The second-order valence-electron chi connectivity index (χ2n) is 9.16. The lowest BCUT2D eigenvalue weighted by molar-refractivity contribution is -0.133. The average Bonchev–Trinajstić information content (AvgIpc) is 3.80. The number of Topliss-reactive ketones (excluding diaryl/α,β-unsaturated/α-hetero) is 1. The number of hydrogen-bond acceptors (Lipinski definition) is 6. The molecular formula is C30H32N2O6. The van der Waals surface area contributed by atoms with Gasteiger partial charge in [-0.15, -0.1) is 0 Å². The molecule has 1 saturated heterocycles. The van der Waals surface area contributed by atoms with Gasteiger partial charge in [0.15, 0.2) is 5.78 Å². The van der Waals surface area contributed by atoms with E-state index in [9.17, 15) is 14.4 Å². The normalized spacial score (nSPS) is 16.5. The number of nitrogens with one attached hydrogen (secondary N) is 2. The van der Waals surface area contributed by atoms with Gasteiger partial charge in [-0.05, 0) is 23.6 Å². The Labute approximate surface area is 222 Å². The largest absolute Gasteiger partial charge is 0.445 e. The van der Waals surface area contributed by atoms with Crippen LogP contribution in [0.2, 0.25) is 0 Å². The highest BCUT2D eigenvalue weighted by Gasteiger charge is 2.40. The van der Waals surface area contributed by atoms with Crippen LogP contribution in [-0.2, 0) is 43.4 Å². The van der Waals surface area contributed by atoms with Gasteiger partial charge in [-0.1, -0.05) is 91.0 Å². The van der Waals surface area contributed by atoms with Crippen LogP contribution in [-0.4, -0.2) is 48.7 Å². The number of epoxide rings is 1. The Hall–Kier alpha value is -4.01. The van der Waals surface area contributed by atoms with Crippen LogP contribution < -0.4 is 10.6 Å². The lowest BCUT2D eigenvalue weighted by Crippen LogP contribution is -2.56. The number of amides is 2. The van der Waals surface area contributed by atoms with E-state index in [-0.39, 0.29) is 25.4 Å². The van der Waals surface area contributed by atoms with Crippen LogP contribution in [0.3, 0.4) is 0 Å². The fourth-order valence-electron chi connectivity index (χ4n) is 3.95. The Kier molecular flexibility index (Phi) is 9.61. The predicted molar refractivity (Wildman–Crippen MR) is 141 cm³/mol. The molecule has 0 unspecified atom stereocenters. The Balaban J connectivity index is 1.43. The van der Waals surface area contributed by atoms with E-state index in [2.05, 4.69) is 10.6 Å². The third-order valence-electron chi connectivity index (χ3n) is 6.18. The molecule has 0 aromatic heterocycles. The van der Waals surface area contributed by atoms with Crippen molar-refractivity contribution >= 4 is 17.8 Å². The molecule has 0 saturated carbocycles. The van der Waals surface area contributed by atoms with E-state index in [4.69, 9.17) is 14.2 Å². The Morgan fingerprint density at radius 2 is 1.34 bits per heavy atom. The van der Waals surface area contributed by atoms with Crippen LogP contribution in [0.5, 0.6) is 0 Å². The van der Waals surface area contributed by atoms with E-state index in [0.29, 0.717) is 6.61 Å². The van der Waals surface area contributed by atoms with E-state index in [1.807, 2.05) is 91.0 Å². The average molecular weight is 517 g/mol. The number of hydrogen-bond donors (Lipinski definition) is 2. The first-order chi connectivity index (χ1) is 18.5. The molecule has 1 aliphatic heterocycles. The van der Waals surface area contributed by atoms with Crippen molar-refractivity contribution in [3.8, 4) is 0 Å². The van der Waals surface area contributed by atoms with Crippen molar-refractivity contribution in [2.45, 2.75) is 50.8 Å². The molecule has 198 valence electrons. The third-order valence-corrected chi connectivity index (χ3v) is 6.18. The predicted octanol–water partition coefficient (Wildman–Crippen LogP) is 3.58. The van der Waals surface area contributed by atoms with Gasteiger partial charge in [-0.25, -0.2) is 4.79 Å². The molecule has 4 atom stereocenters. The summed E-state index contributed by atoms with van der Waals surface area (Å²) in [5.41, 5.74) is 2.62. The number of rotatable bonds is 13. The summed E-state index contributed by atoms with van der Waals surface area (Å²) in [6.07, 6.45) is -1.71. The van der Waals surface area contributed by atoms with Crippen LogP contribution in [0.1, 0.15) is 23.6 Å². The second kappa shape index (κ2) is 13.5. The molecule has 2 N–H and O–H groups in total. The van der Waals surface area contributed by atoms with Gasteiger partial charge < -0.3 is 24.8 Å². The summed E-state index contributed by atoms with van der Waals surface area (Å²) in [5.74, 6) is -0.774. The van der Waals surface area contributed by atoms with Crippen LogP contribution in [0.4, 0.5) is 4.79 Å². The molecule has 1 aliphatic rings. The van der Waals surface area contributed by atoms with Crippen LogP contribution >= 0.6 is 0 Å². The summed E-state index contributed by atoms with van der Waals surface area (Å²) in [6.45, 7) is 2.40. The first kappa shape index (κ1) is 27.0. The quantitative estimate of drug-likeness (QED) is 0.337. The first-order valence-corrected chi connectivity index (χ1v) is 12.6. The highest BCUT2D eigenvalue weighted by molar-refractivity contribution is 5.95. The van der Waals surface area contributed by atoms with E-state index in [1.165, 1.54) is 0 Å². The van der Waals surface area contributed by atoms with Gasteiger partial charge in [0, 0.05) is 6.42 Å². The minimum absolute atomic E-state index is 0.0663. The van der Waals surface area contributed by atoms with Crippen molar-refractivity contribution in [1.29, 1.82) is 0 Å². The van der Waals surface area contributed by atoms with Crippen molar-refractivity contribution in [2.75, 3.05) is 6.61 Å². The lowest BCUT2D eigenvalue weighted by Gasteiger charge is -2.26. The molecule has 0 radical (unpaired) electrons. The molecule has 3 aromatic rings. The van der Waals surface area contributed by atoms with E-state index < -0.39 is 36.3 Å². The molecule has 8 heteroatoms. The van der Waals surface area contributed by atoms with Gasteiger partial charge in [-0.3, -0.25) is 9.59 Å². The maximum absolute atomic E-state index is 13.5. The van der Waals surface area contributed by atoms with Crippen LogP contribution in [0.15, 0.2) is 91.0 Å². The highest BCUT2D eigenvalue weighted by atomic mass is 16.6. The summed E-state index contributed by atoms with van der Waals surface area (Å²) < 4.78 is 16.5. The van der Waals surface area contributed by atoms with Gasteiger partial charge >= 0.3 is 6.09 Å². The molecule has 38 heavy (non-hydrogen) atoms. The summed E-state index contributed by atoms with van der Waals surface area (Å²) in [6, 6.07) is 26.2. The number of carbonyl (C=O) groups is 3. The molecular weight excluding hydrogens is 484 g/mol. The van der Waals surface area contributed by atoms with Crippen molar-refractivity contribution in [3.05, 3.63) is 108 Å². The topological polar surface area (TPSA) is 106 Å². The SMILES string of the molecule is C[C@@H](OCc1ccccc1)[C@H](NC(=O)[C@H](Cc1ccccc1)NC(=O)OCc1ccccc1)C(=O)[C@H]1CO1. The van der Waals surface area contributed by atoms with E-state index in [1.54, 1.807) is 6.92 Å². The highest BCUT2D eigenvalue weighted by Crippen LogP contribution is 2.17. The number of alkyl carbamates (subject to hydrolysis) is 1. The van der Waals surface area contributed by atoms with Crippen LogP contribution in [0.25, 0.3) is 0 Å². The zero-order valence-electron chi connectivity index (χ0n) is 21.2. The monoisotopic (exact) mass is 516 g/mol. The Morgan fingerprint density at radius 3 is 1.89 bits per heavy atom. The maximum atomic E-state index is 13.5. The van der Waals surface area contributed by atoms with Gasteiger partial charge in [-0.2, -0.15) is 0 Å². The molecule has 4 rings (SSSR count). The van der Waals surface area contributed by atoms with Gasteiger partial charge in [0.05, 0.1) is 19.3 Å². The summed E-state index contributed by atoms with van der Waals surface area (Å²) in [5, 5.41) is 5.47. The number of benzene rings is 3. The van der Waals surface area contributed by atoms with E-state index >= 15 is 0 Å². The number of ketones is 1. The smallest absolute Gasteiger partial charge is 0.408 e. The standard InChI is InChI=1S/C30H32N2O6/c1-21(36-18-23-13-7-3-8-14-23)27(28(33)26-20-37-26)32-29(34)25(17-22-11-5-2-6-12-22)31-30(35)38-19-24-15-9-4-10-16-24/h2-16,21,25-27H,17-20H2,1H3,(H,31,35)(H,32,34)/t21-,25+,26-,27+/m1/s1. The maximum Gasteiger partial charge on any atom is 0.408 e. The minimum atomic E-state index is -0.975. The molecule has 8 nitrogen and oxygen atoms in total. The third kappa shape index (κ3) is 8.26. The Bertz CT molecular complexity index is 1190. The second-order valence-corrected chi connectivity index (χ2v) is 9.16. The van der Waals surface area contributed by atoms with Gasteiger partial charge in [0.25, 0.3) is 0 Å². The molecule has 0 bridgehead atoms. The molecule has 0 spiro atoms. The zero-order chi connectivity index (χ0) is 26.7. The van der Waals surface area contributed by atoms with Gasteiger partial charge in [0.1, 0.15) is 24.8 Å². The number of ether oxygens (including phenoxy) is 3. The van der Waals surface area contributed by atoms with E-state index in [0.717, 1.165) is 16.7 Å². The molecule has 0 aliphatic carbocycles. The first-order valence-electron chi connectivity index (χ1n) is 12.6. The van der Waals surface area contributed by atoms with Crippen molar-refractivity contribution in [3.63, 3.8) is 0 Å².